The van der Waals surface area contributed by atoms with Gasteiger partial charge >= 0.3 is 5.97 Å². The smallest absolute Gasteiger partial charge is 0.308 e. The Hall–Kier alpha value is -0.910. The summed E-state index contributed by atoms with van der Waals surface area (Å²) in [5.41, 5.74) is 0. The van der Waals surface area contributed by atoms with Crippen LogP contribution in [0.1, 0.15) is 20.3 Å². The maximum Gasteiger partial charge on any atom is 0.308 e. The summed E-state index contributed by atoms with van der Waals surface area (Å²) in [6.45, 7) is 2.79. The van der Waals surface area contributed by atoms with Crippen molar-refractivity contribution >= 4 is 21.6 Å². The van der Waals surface area contributed by atoms with E-state index in [0.717, 1.165) is 0 Å². The summed E-state index contributed by atoms with van der Waals surface area (Å²) in [6.07, 6.45) is -0.0137. The molecule has 2 fully saturated rings. The topological polar surface area (TPSA) is 88.5 Å². The van der Waals surface area contributed by atoms with Crippen LogP contribution in [-0.4, -0.2) is 35.3 Å². The third kappa shape index (κ3) is 1.00. The van der Waals surface area contributed by atoms with E-state index >= 15 is 0 Å². The number of fused-ring (bicyclic) bond motifs is 1. The van der Waals surface area contributed by atoms with Crippen LogP contribution in [-0.2, 0) is 19.4 Å². The van der Waals surface area contributed by atoms with Gasteiger partial charge < -0.3 is 5.11 Å². The number of carboxylic acids is 1. The molecule has 0 amide bonds. The highest BCUT2D eigenvalue weighted by atomic mass is 32.2. The molecule has 0 aromatic carbocycles. The number of carbonyl (C=O) groups is 2. The zero-order chi connectivity index (χ0) is 11.6. The van der Waals surface area contributed by atoms with Gasteiger partial charge in [-0.15, -0.1) is 0 Å². The van der Waals surface area contributed by atoms with Gasteiger partial charge in [-0.3, -0.25) is 9.59 Å². The number of aliphatic carboxylic acids is 1. The van der Waals surface area contributed by atoms with E-state index in [9.17, 15) is 18.0 Å². The molecule has 3 atom stereocenters. The third-order valence-corrected chi connectivity index (χ3v) is 6.66. The van der Waals surface area contributed by atoms with E-state index < -0.39 is 37.6 Å². The average molecular weight is 232 g/mol. The lowest BCUT2D eigenvalue weighted by Crippen LogP contribution is -2.45. The van der Waals surface area contributed by atoms with E-state index in [2.05, 4.69) is 0 Å². The van der Waals surface area contributed by atoms with Gasteiger partial charge in [-0.1, -0.05) is 0 Å². The number of hydrogen-bond donors (Lipinski definition) is 1. The highest BCUT2D eigenvalue weighted by Gasteiger charge is 2.69. The number of sulfone groups is 1. The van der Waals surface area contributed by atoms with Gasteiger partial charge in [-0.2, -0.15) is 0 Å². The van der Waals surface area contributed by atoms with Crippen molar-refractivity contribution < 1.29 is 23.1 Å². The van der Waals surface area contributed by atoms with Crippen LogP contribution < -0.4 is 0 Å². The van der Waals surface area contributed by atoms with Crippen LogP contribution in [0.2, 0.25) is 0 Å². The largest absolute Gasteiger partial charge is 0.481 e. The Morgan fingerprint density at radius 1 is 1.47 bits per heavy atom. The molecule has 1 aliphatic carbocycles. The molecule has 1 aliphatic heterocycles. The Labute approximate surface area is 87.4 Å². The van der Waals surface area contributed by atoms with Crippen LogP contribution in [0.25, 0.3) is 0 Å². The van der Waals surface area contributed by atoms with Gasteiger partial charge in [0.1, 0.15) is 5.78 Å². The van der Waals surface area contributed by atoms with Crippen molar-refractivity contribution in [3.63, 3.8) is 0 Å². The fourth-order valence-corrected chi connectivity index (χ4v) is 5.12. The molecule has 2 rings (SSSR count). The second kappa shape index (κ2) is 2.61. The Kier molecular flexibility index (Phi) is 1.84. The molecule has 15 heavy (non-hydrogen) atoms. The first-order valence-electron chi connectivity index (χ1n) is 4.70. The lowest BCUT2D eigenvalue weighted by Gasteiger charge is -2.28. The monoisotopic (exact) mass is 232 g/mol. The molecule has 1 saturated carbocycles. The summed E-state index contributed by atoms with van der Waals surface area (Å²) >= 11 is 0. The SMILES string of the molecule is CC1(C)[C@H](C(=O)O)[C@@H]2C(=O)C[C@H]2S1(=O)=O. The molecule has 1 saturated heterocycles. The first-order chi connectivity index (χ1) is 6.71. The molecule has 1 heterocycles. The molecular weight excluding hydrogens is 220 g/mol. The molecule has 2 aliphatic rings. The molecule has 0 radical (unpaired) electrons. The molecule has 6 heteroatoms. The maximum atomic E-state index is 11.9. The van der Waals surface area contributed by atoms with Crippen molar-refractivity contribution in [3.8, 4) is 0 Å². The summed E-state index contributed by atoms with van der Waals surface area (Å²) in [6, 6.07) is 0. The van der Waals surface area contributed by atoms with Crippen molar-refractivity contribution in [1.29, 1.82) is 0 Å². The molecule has 84 valence electrons. The number of carboxylic acid groups (broad SMARTS) is 1. The van der Waals surface area contributed by atoms with Gasteiger partial charge in [-0.25, -0.2) is 8.42 Å². The normalized spacial score (nSPS) is 40.7. The van der Waals surface area contributed by atoms with E-state index in [1.807, 2.05) is 0 Å². The number of hydrogen-bond acceptors (Lipinski definition) is 4. The van der Waals surface area contributed by atoms with Gasteiger partial charge in [0.25, 0.3) is 0 Å². The van der Waals surface area contributed by atoms with Crippen LogP contribution in [0.5, 0.6) is 0 Å². The lowest BCUT2D eigenvalue weighted by molar-refractivity contribution is -0.149. The Balaban J connectivity index is 2.57. The van der Waals surface area contributed by atoms with Gasteiger partial charge in [0.15, 0.2) is 9.84 Å². The molecule has 5 nitrogen and oxygen atoms in total. The van der Waals surface area contributed by atoms with Crippen LogP contribution >= 0.6 is 0 Å². The standard InChI is InChI=1S/C9H12O5S/c1-9(2)7(8(11)12)6-4(10)3-5(6)15(9,13)14/h5-7H,3H2,1-2H3,(H,11,12)/t5-,6-,7+/m1/s1. The second-order valence-electron chi connectivity index (χ2n) is 4.70. The maximum absolute atomic E-state index is 11.9. The van der Waals surface area contributed by atoms with Gasteiger partial charge in [0.2, 0.25) is 0 Å². The van der Waals surface area contributed by atoms with Crippen LogP contribution in [0.15, 0.2) is 0 Å². The van der Waals surface area contributed by atoms with E-state index in [0.29, 0.717) is 0 Å². The Bertz CT molecular complexity index is 447. The van der Waals surface area contributed by atoms with Crippen molar-refractivity contribution in [1.82, 2.24) is 0 Å². The summed E-state index contributed by atoms with van der Waals surface area (Å²) in [5.74, 6) is -3.33. The molecular formula is C9H12O5S. The highest BCUT2D eigenvalue weighted by molar-refractivity contribution is 7.93. The average Bonchev–Trinajstić information content (AvgIpc) is 2.19. The number of carbonyl (C=O) groups excluding carboxylic acids is 1. The van der Waals surface area contributed by atoms with Crippen LogP contribution in [0.4, 0.5) is 0 Å². The van der Waals surface area contributed by atoms with Gasteiger partial charge in [-0.05, 0) is 13.8 Å². The molecule has 1 N–H and O–H groups in total. The number of ketones is 1. The Morgan fingerprint density at radius 3 is 2.33 bits per heavy atom. The molecule has 0 bridgehead atoms. The van der Waals surface area contributed by atoms with E-state index in [1.165, 1.54) is 13.8 Å². The fraction of sp³-hybridized carbons (Fsp3) is 0.778. The second-order valence-corrected chi connectivity index (χ2v) is 7.45. The molecule has 0 spiro atoms. The minimum atomic E-state index is -3.49. The van der Waals surface area contributed by atoms with Crippen molar-refractivity contribution in [2.24, 2.45) is 11.8 Å². The van der Waals surface area contributed by atoms with Gasteiger partial charge in [0, 0.05) is 12.3 Å². The zero-order valence-electron chi connectivity index (χ0n) is 8.43. The van der Waals surface area contributed by atoms with Crippen molar-refractivity contribution in [3.05, 3.63) is 0 Å². The highest BCUT2D eigenvalue weighted by Crippen LogP contribution is 2.53. The summed E-state index contributed by atoms with van der Waals surface area (Å²) in [7, 11) is -3.49. The predicted octanol–water partition coefficient (Wildman–Crippen LogP) is -0.148. The number of rotatable bonds is 1. The van der Waals surface area contributed by atoms with Crippen LogP contribution in [0.3, 0.4) is 0 Å². The lowest BCUT2D eigenvalue weighted by atomic mass is 9.70. The number of Topliss-reactive ketones (excluding diaryl/α,β-unsaturated/α-hetero) is 1. The van der Waals surface area contributed by atoms with E-state index in [4.69, 9.17) is 5.11 Å². The third-order valence-electron chi connectivity index (χ3n) is 3.68. The summed E-state index contributed by atoms with van der Waals surface area (Å²) < 4.78 is 22.5. The predicted molar refractivity (Wildman–Crippen MR) is 51.0 cm³/mol. The van der Waals surface area contributed by atoms with Crippen LogP contribution in [0, 0.1) is 11.8 Å². The quantitative estimate of drug-likeness (QED) is 0.679. The van der Waals surface area contributed by atoms with E-state index in [-0.39, 0.29) is 12.2 Å². The fourth-order valence-electron chi connectivity index (χ4n) is 2.66. The van der Waals surface area contributed by atoms with Gasteiger partial charge in [0.05, 0.1) is 15.9 Å². The minimum absolute atomic E-state index is 0.0137. The van der Waals surface area contributed by atoms with Crippen molar-refractivity contribution in [2.75, 3.05) is 0 Å². The Morgan fingerprint density at radius 2 is 2.00 bits per heavy atom. The minimum Gasteiger partial charge on any atom is -0.481 e. The molecule has 0 unspecified atom stereocenters. The first kappa shape index (κ1) is 10.6. The zero-order valence-corrected chi connectivity index (χ0v) is 9.24. The first-order valence-corrected chi connectivity index (χ1v) is 6.25. The van der Waals surface area contributed by atoms with E-state index in [1.54, 1.807) is 0 Å². The summed E-state index contributed by atoms with van der Waals surface area (Å²) in [4.78, 5) is 22.3. The van der Waals surface area contributed by atoms with Crippen molar-refractivity contribution in [2.45, 2.75) is 30.3 Å². The molecule has 0 aromatic rings. The molecule has 0 aromatic heterocycles. The summed E-state index contributed by atoms with van der Waals surface area (Å²) in [5, 5.41) is 8.24.